The highest BCUT2D eigenvalue weighted by Gasteiger charge is 2.20. The quantitative estimate of drug-likeness (QED) is 0.595. The summed E-state index contributed by atoms with van der Waals surface area (Å²) in [5, 5.41) is 8.71. The minimum absolute atomic E-state index is 0.200. The fourth-order valence-electron chi connectivity index (χ4n) is 3.38. The van der Waals surface area contributed by atoms with Crippen LogP contribution >= 0.6 is 11.3 Å². The van der Waals surface area contributed by atoms with Crippen molar-refractivity contribution >= 4 is 23.2 Å². The maximum Gasteiger partial charge on any atom is 0.224 e. The molecule has 1 aromatic heterocycles. The van der Waals surface area contributed by atoms with Gasteiger partial charge in [-0.3, -0.25) is 9.79 Å². The van der Waals surface area contributed by atoms with E-state index in [0.717, 1.165) is 38.4 Å². The predicted octanol–water partition coefficient (Wildman–Crippen LogP) is 2.95. The molecule has 27 heavy (non-hydrogen) atoms. The third-order valence-electron chi connectivity index (χ3n) is 4.96. The van der Waals surface area contributed by atoms with Crippen LogP contribution < -0.4 is 10.6 Å². The van der Waals surface area contributed by atoms with E-state index in [1.54, 1.807) is 18.4 Å². The summed E-state index contributed by atoms with van der Waals surface area (Å²) in [6, 6.07) is 10.6. The highest BCUT2D eigenvalue weighted by atomic mass is 32.1. The molecule has 1 aliphatic heterocycles. The Balaban J connectivity index is 1.43. The third-order valence-corrected chi connectivity index (χ3v) is 5.98. The molecule has 1 amide bonds. The number of carbonyl (C=O) groups is 1. The number of carbonyl (C=O) groups excluding carboxylic acids is 1. The van der Waals surface area contributed by atoms with Crippen molar-refractivity contribution in [1.82, 2.24) is 15.5 Å². The Kier molecular flexibility index (Phi) is 6.87. The maximum atomic E-state index is 12.5. The van der Waals surface area contributed by atoms with Gasteiger partial charge in [0.15, 0.2) is 5.96 Å². The second-order valence-corrected chi connectivity index (χ2v) is 7.66. The normalized spacial score (nSPS) is 14.0. The van der Waals surface area contributed by atoms with Crippen molar-refractivity contribution in [2.45, 2.75) is 39.3 Å². The lowest BCUT2D eigenvalue weighted by molar-refractivity contribution is -0.131. The number of thiophene rings is 1. The van der Waals surface area contributed by atoms with Crippen LogP contribution in [-0.4, -0.2) is 36.9 Å². The van der Waals surface area contributed by atoms with E-state index in [2.05, 4.69) is 58.3 Å². The van der Waals surface area contributed by atoms with Gasteiger partial charge in [-0.1, -0.05) is 31.2 Å². The number of hydrogen-bond acceptors (Lipinski definition) is 3. The molecule has 0 aliphatic carbocycles. The number of fused-ring (bicyclic) bond motifs is 1. The fraction of sp³-hybridized carbons (Fsp3) is 0.429. The third kappa shape index (κ3) is 5.10. The number of aliphatic imine (C=N–C) groups is 1. The first-order valence-corrected chi connectivity index (χ1v) is 10.4. The highest BCUT2D eigenvalue weighted by Crippen LogP contribution is 2.24. The molecule has 5 nitrogen and oxygen atoms in total. The second-order valence-electron chi connectivity index (χ2n) is 6.66. The number of nitrogens with zero attached hydrogens (tertiary/aromatic N) is 2. The van der Waals surface area contributed by atoms with E-state index >= 15 is 0 Å². The minimum atomic E-state index is 0.200. The topological polar surface area (TPSA) is 56.7 Å². The lowest BCUT2D eigenvalue weighted by Crippen LogP contribution is -2.40. The number of benzene rings is 1. The summed E-state index contributed by atoms with van der Waals surface area (Å²) < 4.78 is 0. The fourth-order valence-corrected chi connectivity index (χ4v) is 4.27. The number of aryl methyl sites for hydroxylation is 1. The van der Waals surface area contributed by atoms with Gasteiger partial charge in [0.05, 0.1) is 0 Å². The Bertz CT molecular complexity index is 799. The van der Waals surface area contributed by atoms with Crippen LogP contribution in [0.2, 0.25) is 0 Å². The van der Waals surface area contributed by atoms with Crippen LogP contribution in [-0.2, 0) is 30.7 Å². The molecule has 0 saturated heterocycles. The van der Waals surface area contributed by atoms with Gasteiger partial charge in [0, 0.05) is 44.5 Å². The molecule has 2 aromatic rings. The standard InChI is InChI=1S/C21H28N4OS/c1-3-16-6-4-5-7-17(16)14-24-21(22-2)23-11-8-20(26)25-12-9-19-18(15-25)10-13-27-19/h4-7,10,13H,3,8-9,11-12,14-15H2,1-2H3,(H2,22,23,24). The van der Waals surface area contributed by atoms with E-state index in [1.807, 2.05) is 4.90 Å². The summed E-state index contributed by atoms with van der Waals surface area (Å²) in [6.45, 7) is 5.05. The molecule has 3 rings (SSSR count). The van der Waals surface area contributed by atoms with Crippen LogP contribution in [0.4, 0.5) is 0 Å². The number of amides is 1. The monoisotopic (exact) mass is 384 g/mol. The van der Waals surface area contributed by atoms with E-state index in [9.17, 15) is 4.79 Å². The minimum Gasteiger partial charge on any atom is -0.356 e. The summed E-state index contributed by atoms with van der Waals surface area (Å²) in [5.41, 5.74) is 3.92. The van der Waals surface area contributed by atoms with Crippen LogP contribution in [0, 0.1) is 0 Å². The van der Waals surface area contributed by atoms with Gasteiger partial charge in [0.1, 0.15) is 0 Å². The summed E-state index contributed by atoms with van der Waals surface area (Å²) in [5.74, 6) is 0.929. The molecule has 0 bridgehead atoms. The number of rotatable bonds is 6. The second kappa shape index (κ2) is 9.55. The van der Waals surface area contributed by atoms with Crippen molar-refractivity contribution in [3.05, 3.63) is 57.3 Å². The van der Waals surface area contributed by atoms with Gasteiger partial charge in [-0.05, 0) is 41.0 Å². The van der Waals surface area contributed by atoms with Crippen LogP contribution in [0.1, 0.15) is 34.9 Å². The van der Waals surface area contributed by atoms with Gasteiger partial charge in [-0.15, -0.1) is 11.3 Å². The molecule has 0 atom stereocenters. The zero-order valence-corrected chi connectivity index (χ0v) is 16.9. The number of guanidine groups is 1. The van der Waals surface area contributed by atoms with E-state index < -0.39 is 0 Å². The zero-order valence-electron chi connectivity index (χ0n) is 16.1. The smallest absolute Gasteiger partial charge is 0.224 e. The average Bonchev–Trinajstić information content (AvgIpc) is 3.18. The summed E-state index contributed by atoms with van der Waals surface area (Å²) >= 11 is 1.80. The summed E-state index contributed by atoms with van der Waals surface area (Å²) in [6.07, 6.45) is 2.47. The Labute approximate surface area is 165 Å². The van der Waals surface area contributed by atoms with Crippen molar-refractivity contribution < 1.29 is 4.79 Å². The molecule has 1 aliphatic rings. The van der Waals surface area contributed by atoms with Crippen LogP contribution in [0.3, 0.4) is 0 Å². The van der Waals surface area contributed by atoms with Crippen LogP contribution in [0.15, 0.2) is 40.7 Å². The molecule has 144 valence electrons. The summed E-state index contributed by atoms with van der Waals surface area (Å²) in [7, 11) is 1.76. The SMILES string of the molecule is CCc1ccccc1CNC(=NC)NCCC(=O)N1CCc2sccc2C1. The first-order chi connectivity index (χ1) is 13.2. The molecular weight excluding hydrogens is 356 g/mol. The van der Waals surface area contributed by atoms with Gasteiger partial charge in [-0.25, -0.2) is 0 Å². The van der Waals surface area contributed by atoms with Gasteiger partial charge >= 0.3 is 0 Å². The largest absolute Gasteiger partial charge is 0.356 e. The van der Waals surface area contributed by atoms with Gasteiger partial charge in [0.2, 0.25) is 5.91 Å². The Hall–Kier alpha value is -2.34. The maximum absolute atomic E-state index is 12.5. The molecule has 0 spiro atoms. The first kappa shape index (κ1) is 19.4. The molecule has 6 heteroatoms. The molecule has 0 fully saturated rings. The number of nitrogens with one attached hydrogen (secondary N) is 2. The predicted molar refractivity (Wildman–Crippen MR) is 112 cm³/mol. The molecule has 1 aromatic carbocycles. The molecule has 0 radical (unpaired) electrons. The van der Waals surface area contributed by atoms with Crippen molar-refractivity contribution in [2.75, 3.05) is 20.1 Å². The first-order valence-electron chi connectivity index (χ1n) is 9.55. The Morgan fingerprint density at radius 1 is 1.22 bits per heavy atom. The molecule has 2 N–H and O–H groups in total. The van der Waals surface area contributed by atoms with E-state index in [4.69, 9.17) is 0 Å². The van der Waals surface area contributed by atoms with Crippen molar-refractivity contribution in [3.63, 3.8) is 0 Å². The van der Waals surface area contributed by atoms with E-state index in [0.29, 0.717) is 13.0 Å². The van der Waals surface area contributed by atoms with E-state index in [-0.39, 0.29) is 5.91 Å². The molecule has 0 saturated carbocycles. The lowest BCUT2D eigenvalue weighted by atomic mass is 10.1. The molecular formula is C21H28N4OS. The highest BCUT2D eigenvalue weighted by molar-refractivity contribution is 7.10. The van der Waals surface area contributed by atoms with Crippen molar-refractivity contribution in [3.8, 4) is 0 Å². The van der Waals surface area contributed by atoms with Crippen LogP contribution in [0.25, 0.3) is 0 Å². The van der Waals surface area contributed by atoms with Crippen molar-refractivity contribution in [2.24, 2.45) is 4.99 Å². The van der Waals surface area contributed by atoms with Gasteiger partial charge < -0.3 is 15.5 Å². The molecule has 2 heterocycles. The number of hydrogen-bond donors (Lipinski definition) is 2. The molecule has 0 unspecified atom stereocenters. The van der Waals surface area contributed by atoms with Crippen LogP contribution in [0.5, 0.6) is 0 Å². The average molecular weight is 385 g/mol. The zero-order chi connectivity index (χ0) is 19.1. The Morgan fingerprint density at radius 3 is 2.81 bits per heavy atom. The van der Waals surface area contributed by atoms with Gasteiger partial charge in [0.25, 0.3) is 0 Å². The van der Waals surface area contributed by atoms with E-state index in [1.165, 1.54) is 21.6 Å². The lowest BCUT2D eigenvalue weighted by Gasteiger charge is -2.27. The van der Waals surface area contributed by atoms with Crippen molar-refractivity contribution in [1.29, 1.82) is 0 Å². The van der Waals surface area contributed by atoms with Gasteiger partial charge in [-0.2, -0.15) is 0 Å². The Morgan fingerprint density at radius 2 is 2.04 bits per heavy atom. The summed E-state index contributed by atoms with van der Waals surface area (Å²) in [4.78, 5) is 20.1.